The zero-order valence-corrected chi connectivity index (χ0v) is 19.7. The van der Waals surface area contributed by atoms with Crippen molar-refractivity contribution >= 4 is 11.7 Å². The summed E-state index contributed by atoms with van der Waals surface area (Å²) in [7, 11) is 0. The van der Waals surface area contributed by atoms with E-state index >= 15 is 0 Å². The van der Waals surface area contributed by atoms with Gasteiger partial charge in [-0.25, -0.2) is 9.97 Å². The molecule has 0 bridgehead atoms. The smallest absolute Gasteiger partial charge is 0.225 e. The Morgan fingerprint density at radius 2 is 1.82 bits per heavy atom. The second kappa shape index (κ2) is 10.4. The second-order valence-corrected chi connectivity index (χ2v) is 9.75. The van der Waals surface area contributed by atoms with Crippen LogP contribution in [-0.4, -0.2) is 21.0 Å². The normalized spacial score (nSPS) is 15.4. The summed E-state index contributed by atoms with van der Waals surface area (Å²) in [5.74, 6) is 1.54. The lowest BCUT2D eigenvalue weighted by atomic mass is 9.85. The van der Waals surface area contributed by atoms with Gasteiger partial charge in [-0.15, -0.1) is 0 Å². The van der Waals surface area contributed by atoms with E-state index in [-0.39, 0.29) is 11.7 Å². The van der Waals surface area contributed by atoms with E-state index in [1.807, 2.05) is 30.3 Å². The van der Waals surface area contributed by atoms with Crippen LogP contribution in [0.5, 0.6) is 5.75 Å². The van der Waals surface area contributed by atoms with Crippen molar-refractivity contribution in [2.24, 2.45) is 5.92 Å². The number of fused-ring (bicyclic) bond motifs is 3. The van der Waals surface area contributed by atoms with Crippen LogP contribution < -0.4 is 5.32 Å². The van der Waals surface area contributed by atoms with Crippen LogP contribution in [0.2, 0.25) is 0 Å². The first-order valence-corrected chi connectivity index (χ1v) is 12.7. The average molecular weight is 456 g/mol. The van der Waals surface area contributed by atoms with Crippen molar-refractivity contribution in [3.05, 3.63) is 71.0 Å². The van der Waals surface area contributed by atoms with Crippen molar-refractivity contribution in [1.82, 2.24) is 9.97 Å². The molecule has 1 amide bonds. The van der Waals surface area contributed by atoms with Crippen LogP contribution in [0, 0.1) is 5.92 Å². The van der Waals surface area contributed by atoms with Crippen LogP contribution >= 0.6 is 0 Å². The fourth-order valence-corrected chi connectivity index (χ4v) is 5.37. The summed E-state index contributed by atoms with van der Waals surface area (Å²) in [6.07, 6.45) is 10.9. The zero-order valence-electron chi connectivity index (χ0n) is 19.7. The lowest BCUT2D eigenvalue weighted by Crippen LogP contribution is -2.20. The van der Waals surface area contributed by atoms with Gasteiger partial charge in [0.25, 0.3) is 0 Å². The Bertz CT molecular complexity index is 1150. The fraction of sp³-hybridized carbons (Fsp3) is 0.414. The monoisotopic (exact) mass is 455 g/mol. The molecule has 1 heterocycles. The number of hydrogen-bond acceptors (Lipinski definition) is 4. The molecular weight excluding hydrogens is 422 g/mol. The number of phenolic OH excluding ortho intramolecular Hbond substituents is 1. The van der Waals surface area contributed by atoms with Crippen molar-refractivity contribution in [3.63, 3.8) is 0 Å². The summed E-state index contributed by atoms with van der Waals surface area (Å²) in [6, 6.07) is 15.8. The van der Waals surface area contributed by atoms with Crippen molar-refractivity contribution in [3.8, 4) is 17.0 Å². The Balaban J connectivity index is 1.36. The van der Waals surface area contributed by atoms with Crippen molar-refractivity contribution in [2.75, 3.05) is 5.32 Å². The molecule has 1 fully saturated rings. The van der Waals surface area contributed by atoms with Crippen molar-refractivity contribution in [2.45, 2.75) is 70.6 Å². The Morgan fingerprint density at radius 3 is 2.65 bits per heavy atom. The van der Waals surface area contributed by atoms with Gasteiger partial charge in [0.05, 0.1) is 17.1 Å². The first-order chi connectivity index (χ1) is 16.7. The lowest BCUT2D eigenvalue weighted by molar-refractivity contribution is -0.116. The van der Waals surface area contributed by atoms with Gasteiger partial charge in [0.15, 0.2) is 5.82 Å². The molecule has 2 aliphatic rings. The van der Waals surface area contributed by atoms with Gasteiger partial charge in [0, 0.05) is 12.0 Å². The van der Waals surface area contributed by atoms with Crippen LogP contribution in [0.4, 0.5) is 5.82 Å². The topological polar surface area (TPSA) is 75.1 Å². The maximum Gasteiger partial charge on any atom is 0.225 e. The Morgan fingerprint density at radius 1 is 1.00 bits per heavy atom. The summed E-state index contributed by atoms with van der Waals surface area (Å²) >= 11 is 0. The van der Waals surface area contributed by atoms with E-state index in [0.29, 0.717) is 18.2 Å². The molecule has 0 aliphatic heterocycles. The Labute approximate surface area is 201 Å². The van der Waals surface area contributed by atoms with Gasteiger partial charge in [-0.3, -0.25) is 4.79 Å². The van der Waals surface area contributed by atoms with Crippen molar-refractivity contribution in [1.29, 1.82) is 0 Å². The summed E-state index contributed by atoms with van der Waals surface area (Å²) in [5.41, 5.74) is 6.18. The van der Waals surface area contributed by atoms with Gasteiger partial charge in [-0.1, -0.05) is 62.4 Å². The van der Waals surface area contributed by atoms with Crippen LogP contribution in [0.15, 0.2) is 48.5 Å². The largest absolute Gasteiger partial charge is 0.508 e. The van der Waals surface area contributed by atoms with E-state index in [4.69, 9.17) is 9.97 Å². The summed E-state index contributed by atoms with van der Waals surface area (Å²) in [4.78, 5) is 22.9. The molecule has 34 heavy (non-hydrogen) atoms. The minimum absolute atomic E-state index is 0.0104. The van der Waals surface area contributed by atoms with Crippen LogP contribution in [-0.2, 0) is 30.5 Å². The van der Waals surface area contributed by atoms with Crippen LogP contribution in [0.3, 0.4) is 0 Å². The molecular formula is C29H33N3O2. The third-order valence-electron chi connectivity index (χ3n) is 7.19. The predicted octanol–water partition coefficient (Wildman–Crippen LogP) is 6.03. The highest BCUT2D eigenvalue weighted by atomic mass is 16.3. The molecule has 0 saturated heterocycles. The molecule has 0 radical (unpaired) electrons. The van der Waals surface area contributed by atoms with E-state index in [1.165, 1.54) is 37.7 Å². The summed E-state index contributed by atoms with van der Waals surface area (Å²) in [6.45, 7) is 0. The number of anilines is 1. The Hall–Kier alpha value is -3.21. The number of aryl methyl sites for hydroxylation is 3. The molecule has 1 aromatic heterocycles. The number of nitrogens with one attached hydrogen (secondary N) is 1. The molecule has 5 nitrogen and oxygen atoms in total. The number of nitrogens with zero attached hydrogens (tertiary/aromatic N) is 2. The van der Waals surface area contributed by atoms with Gasteiger partial charge in [-0.2, -0.15) is 0 Å². The standard InChI is InChI=1S/C29H33N3O2/c33-23-15-16-24-22(19-23)14-17-25-28(24)30-26(18-21-10-5-2-6-11-21)29(31-25)32-27(34)13-7-12-20-8-3-1-4-9-20/h1,3-4,8-9,15-16,19,21,33H,2,5-7,10-14,17-18H2,(H,31,32,34). The third-order valence-corrected chi connectivity index (χ3v) is 7.19. The highest BCUT2D eigenvalue weighted by Gasteiger charge is 2.24. The molecule has 2 aromatic carbocycles. The molecule has 1 saturated carbocycles. The number of aromatic nitrogens is 2. The number of carbonyl (C=O) groups excluding carboxylic acids is 1. The van der Waals surface area contributed by atoms with Gasteiger partial charge >= 0.3 is 0 Å². The molecule has 0 spiro atoms. The molecule has 2 N–H and O–H groups in total. The summed E-state index contributed by atoms with van der Waals surface area (Å²) < 4.78 is 0. The molecule has 2 aliphatic carbocycles. The maximum atomic E-state index is 12.8. The predicted molar refractivity (Wildman–Crippen MR) is 135 cm³/mol. The highest BCUT2D eigenvalue weighted by molar-refractivity contribution is 5.90. The molecule has 5 heteroatoms. The number of benzene rings is 2. The van der Waals surface area contributed by atoms with Crippen LogP contribution in [0.25, 0.3) is 11.3 Å². The number of aromatic hydroxyl groups is 1. The van der Waals surface area contributed by atoms with E-state index in [0.717, 1.165) is 60.3 Å². The molecule has 3 aromatic rings. The van der Waals surface area contributed by atoms with Crippen molar-refractivity contribution < 1.29 is 9.90 Å². The van der Waals surface area contributed by atoms with Gasteiger partial charge in [-0.05, 0) is 67.3 Å². The SMILES string of the molecule is O=C(CCCc1ccccc1)Nc1nc2c(nc1CC1CCCCC1)-c1ccc(O)cc1CC2. The van der Waals surface area contributed by atoms with Gasteiger partial charge in [0.1, 0.15) is 5.75 Å². The number of carbonyl (C=O) groups is 1. The fourth-order valence-electron chi connectivity index (χ4n) is 5.37. The minimum atomic E-state index is 0.0104. The Kier molecular flexibility index (Phi) is 6.89. The number of hydrogen-bond donors (Lipinski definition) is 2. The van der Waals surface area contributed by atoms with Crippen LogP contribution in [0.1, 0.15) is 67.5 Å². The second-order valence-electron chi connectivity index (χ2n) is 9.75. The first kappa shape index (κ1) is 22.6. The zero-order chi connectivity index (χ0) is 23.3. The number of phenols is 1. The lowest BCUT2D eigenvalue weighted by Gasteiger charge is -2.24. The first-order valence-electron chi connectivity index (χ1n) is 12.7. The van der Waals surface area contributed by atoms with E-state index < -0.39 is 0 Å². The van der Waals surface area contributed by atoms with Gasteiger partial charge in [0.2, 0.25) is 5.91 Å². The molecule has 0 unspecified atom stereocenters. The summed E-state index contributed by atoms with van der Waals surface area (Å²) in [5, 5.41) is 13.0. The minimum Gasteiger partial charge on any atom is -0.508 e. The van der Waals surface area contributed by atoms with E-state index in [9.17, 15) is 9.90 Å². The maximum absolute atomic E-state index is 12.8. The molecule has 0 atom stereocenters. The highest BCUT2D eigenvalue weighted by Crippen LogP contribution is 2.36. The number of amides is 1. The molecule has 5 rings (SSSR count). The van der Waals surface area contributed by atoms with Gasteiger partial charge < -0.3 is 10.4 Å². The number of rotatable bonds is 7. The quantitative estimate of drug-likeness (QED) is 0.456. The third kappa shape index (κ3) is 5.30. The van der Waals surface area contributed by atoms with E-state index in [2.05, 4.69) is 17.4 Å². The van der Waals surface area contributed by atoms with E-state index in [1.54, 1.807) is 6.07 Å². The molecule has 176 valence electrons. The average Bonchev–Trinajstić information content (AvgIpc) is 2.85.